The van der Waals surface area contributed by atoms with Gasteiger partial charge in [0.2, 0.25) is 0 Å². The highest BCUT2D eigenvalue weighted by Crippen LogP contribution is 2.26. The Kier molecular flexibility index (Phi) is 2.50. The van der Waals surface area contributed by atoms with Crippen molar-refractivity contribution in [3.05, 3.63) is 41.6 Å². The van der Waals surface area contributed by atoms with Crippen LogP contribution in [0.15, 0.2) is 35.5 Å². The minimum absolute atomic E-state index is 0.0444. The van der Waals surface area contributed by atoms with Crippen LogP contribution >= 0.6 is 0 Å². The maximum Gasteiger partial charge on any atom is 0.198 e. The highest BCUT2D eigenvalue weighted by molar-refractivity contribution is 6.02. The maximum atomic E-state index is 9.85. The molecule has 92 valence electrons. The normalized spacial score (nSPS) is 11.1. The summed E-state index contributed by atoms with van der Waals surface area (Å²) >= 11 is 0. The van der Waals surface area contributed by atoms with Crippen LogP contribution in [0.2, 0.25) is 0 Å². The van der Waals surface area contributed by atoms with E-state index in [0.29, 0.717) is 16.9 Å². The molecule has 0 saturated heterocycles. The van der Waals surface area contributed by atoms with Crippen molar-refractivity contribution in [2.24, 2.45) is 4.99 Å². The Morgan fingerprint density at radius 1 is 1.37 bits per heavy atom. The van der Waals surface area contributed by atoms with Crippen molar-refractivity contribution in [1.29, 1.82) is 5.26 Å². The van der Waals surface area contributed by atoms with Gasteiger partial charge in [-0.15, -0.1) is 0 Å². The molecule has 0 bridgehead atoms. The average molecular weight is 251 g/mol. The number of H-pyrrole nitrogens is 2. The van der Waals surface area contributed by atoms with Crippen LogP contribution in [0.1, 0.15) is 11.1 Å². The second-order valence-corrected chi connectivity index (χ2v) is 3.94. The minimum atomic E-state index is 0.0444. The zero-order valence-electron chi connectivity index (χ0n) is 9.75. The second kappa shape index (κ2) is 4.31. The van der Waals surface area contributed by atoms with E-state index in [1.807, 2.05) is 30.3 Å². The Morgan fingerprint density at radius 2 is 2.21 bits per heavy atom. The highest BCUT2D eigenvalue weighted by atomic mass is 16.3. The van der Waals surface area contributed by atoms with Gasteiger partial charge in [-0.1, -0.05) is 18.2 Å². The van der Waals surface area contributed by atoms with E-state index in [1.165, 1.54) is 12.4 Å². The van der Waals surface area contributed by atoms with Crippen molar-refractivity contribution in [2.75, 3.05) is 0 Å². The molecule has 0 atom stereocenters. The van der Waals surface area contributed by atoms with Crippen molar-refractivity contribution in [2.45, 2.75) is 0 Å². The van der Waals surface area contributed by atoms with Gasteiger partial charge < -0.3 is 10.1 Å². The lowest BCUT2D eigenvalue weighted by Crippen LogP contribution is -1.80. The molecule has 0 unspecified atom stereocenters. The zero-order chi connectivity index (χ0) is 13.2. The Balaban J connectivity index is 2.07. The number of fused-ring (bicyclic) bond motifs is 1. The molecular formula is C13H9N5O. The maximum absolute atomic E-state index is 9.85. The quantitative estimate of drug-likeness (QED) is 0.608. The van der Waals surface area contributed by atoms with Gasteiger partial charge in [-0.3, -0.25) is 5.10 Å². The second-order valence-electron chi connectivity index (χ2n) is 3.94. The molecule has 1 aromatic carbocycles. The number of aromatic hydroxyl groups is 1. The molecule has 3 N–H and O–H groups in total. The van der Waals surface area contributed by atoms with Gasteiger partial charge in [0.25, 0.3) is 0 Å². The molecule has 0 aliphatic rings. The summed E-state index contributed by atoms with van der Waals surface area (Å²) in [6.45, 7) is 0. The van der Waals surface area contributed by atoms with Gasteiger partial charge >= 0.3 is 0 Å². The molecule has 0 aliphatic heterocycles. The molecule has 0 saturated carbocycles. The zero-order valence-corrected chi connectivity index (χ0v) is 9.75. The molecule has 2 aromatic heterocycles. The fourth-order valence-corrected chi connectivity index (χ4v) is 1.87. The van der Waals surface area contributed by atoms with Crippen LogP contribution in [-0.4, -0.2) is 26.5 Å². The molecular weight excluding hydrogens is 242 g/mol. The first kappa shape index (κ1) is 11.0. The summed E-state index contributed by atoms with van der Waals surface area (Å²) in [6.07, 6.45) is 2.91. The largest absolute Gasteiger partial charge is 0.494 e. The number of hydrogen-bond donors (Lipinski definition) is 3. The van der Waals surface area contributed by atoms with Crippen LogP contribution in [0.3, 0.4) is 0 Å². The molecule has 2 heterocycles. The Bertz CT molecular complexity index is 806. The number of benzene rings is 1. The monoisotopic (exact) mass is 251 g/mol. The summed E-state index contributed by atoms with van der Waals surface area (Å²) in [5.41, 5.74) is 1.76. The SMILES string of the molecule is N#Cc1cn[nH]c1N=Cc1c(O)[nH]c2ccccc12. The third kappa shape index (κ3) is 1.83. The van der Waals surface area contributed by atoms with Gasteiger partial charge in [0.1, 0.15) is 11.6 Å². The first-order valence-electron chi connectivity index (χ1n) is 5.57. The third-order valence-electron chi connectivity index (χ3n) is 2.79. The van der Waals surface area contributed by atoms with E-state index in [0.717, 1.165) is 10.9 Å². The minimum Gasteiger partial charge on any atom is -0.494 e. The summed E-state index contributed by atoms with van der Waals surface area (Å²) in [5.74, 6) is 0.412. The Morgan fingerprint density at radius 3 is 3.05 bits per heavy atom. The van der Waals surface area contributed by atoms with Gasteiger partial charge in [-0.05, 0) is 6.07 Å². The molecule has 0 fully saturated rings. The Labute approximate surface area is 108 Å². The van der Waals surface area contributed by atoms with Gasteiger partial charge in [-0.2, -0.15) is 10.4 Å². The van der Waals surface area contributed by atoms with E-state index in [1.54, 1.807) is 0 Å². The number of hydrogen-bond acceptors (Lipinski definition) is 4. The summed E-state index contributed by atoms with van der Waals surface area (Å²) in [6, 6.07) is 9.48. The lowest BCUT2D eigenvalue weighted by Gasteiger charge is -1.91. The van der Waals surface area contributed by atoms with E-state index < -0.39 is 0 Å². The smallest absolute Gasteiger partial charge is 0.198 e. The molecule has 0 radical (unpaired) electrons. The number of aliphatic imine (C=N–C) groups is 1. The van der Waals surface area contributed by atoms with Crippen molar-refractivity contribution in [3.63, 3.8) is 0 Å². The molecule has 0 aliphatic carbocycles. The van der Waals surface area contributed by atoms with Crippen molar-refractivity contribution < 1.29 is 5.11 Å². The van der Waals surface area contributed by atoms with Crippen LogP contribution in [-0.2, 0) is 0 Å². The number of nitrogens with one attached hydrogen (secondary N) is 2. The van der Waals surface area contributed by atoms with Crippen molar-refractivity contribution in [3.8, 4) is 11.9 Å². The lowest BCUT2D eigenvalue weighted by molar-refractivity contribution is 0.457. The first-order valence-corrected chi connectivity index (χ1v) is 5.57. The fraction of sp³-hybridized carbons (Fsp3) is 0. The predicted molar refractivity (Wildman–Crippen MR) is 70.5 cm³/mol. The molecule has 3 rings (SSSR count). The van der Waals surface area contributed by atoms with E-state index in [4.69, 9.17) is 5.26 Å². The predicted octanol–water partition coefficient (Wildman–Crippen LogP) is 2.22. The lowest BCUT2D eigenvalue weighted by atomic mass is 10.2. The summed E-state index contributed by atoms with van der Waals surface area (Å²) in [5, 5.41) is 25.9. The van der Waals surface area contributed by atoms with E-state index in [2.05, 4.69) is 20.2 Å². The van der Waals surface area contributed by atoms with Crippen molar-refractivity contribution in [1.82, 2.24) is 15.2 Å². The van der Waals surface area contributed by atoms with E-state index in [-0.39, 0.29) is 5.88 Å². The summed E-state index contributed by atoms with van der Waals surface area (Å²) in [7, 11) is 0. The molecule has 6 nitrogen and oxygen atoms in total. The van der Waals surface area contributed by atoms with E-state index >= 15 is 0 Å². The number of rotatable bonds is 2. The molecule has 3 aromatic rings. The van der Waals surface area contributed by atoms with Crippen LogP contribution in [0.25, 0.3) is 10.9 Å². The highest BCUT2D eigenvalue weighted by Gasteiger charge is 2.08. The third-order valence-corrected chi connectivity index (χ3v) is 2.79. The average Bonchev–Trinajstić information content (AvgIpc) is 2.99. The molecule has 0 amide bonds. The number of nitriles is 1. The van der Waals surface area contributed by atoms with Crippen LogP contribution in [0.4, 0.5) is 5.82 Å². The van der Waals surface area contributed by atoms with Crippen molar-refractivity contribution >= 4 is 22.9 Å². The van der Waals surface area contributed by atoms with Gasteiger partial charge in [-0.25, -0.2) is 4.99 Å². The Hall–Kier alpha value is -3.07. The van der Waals surface area contributed by atoms with Gasteiger partial charge in [0.15, 0.2) is 11.7 Å². The number of para-hydroxylation sites is 1. The van der Waals surface area contributed by atoms with Crippen LogP contribution in [0, 0.1) is 11.3 Å². The topological polar surface area (TPSA) is 101 Å². The summed E-state index contributed by atoms with van der Waals surface area (Å²) < 4.78 is 0. The summed E-state index contributed by atoms with van der Waals surface area (Å²) in [4.78, 5) is 7.00. The first-order chi connectivity index (χ1) is 9.29. The van der Waals surface area contributed by atoms with Crippen LogP contribution in [0.5, 0.6) is 5.88 Å². The number of aromatic nitrogens is 3. The molecule has 19 heavy (non-hydrogen) atoms. The van der Waals surface area contributed by atoms with E-state index in [9.17, 15) is 5.11 Å². The molecule has 0 spiro atoms. The van der Waals surface area contributed by atoms with Crippen LogP contribution < -0.4 is 0 Å². The number of aromatic amines is 2. The van der Waals surface area contributed by atoms with Gasteiger partial charge in [0, 0.05) is 17.1 Å². The fourth-order valence-electron chi connectivity index (χ4n) is 1.87. The standard InChI is InChI=1S/C13H9N5O/c14-5-8-6-16-18-12(8)15-7-10-9-3-1-2-4-11(9)17-13(10)19/h1-4,6-7,17,19H,(H,16,18). The number of nitrogens with zero attached hydrogens (tertiary/aromatic N) is 3. The van der Waals surface area contributed by atoms with Gasteiger partial charge in [0.05, 0.1) is 11.8 Å². The molecule has 6 heteroatoms.